The molecule has 0 aliphatic carbocycles. The minimum absolute atomic E-state index is 0.120. The zero-order valence-electron chi connectivity index (χ0n) is 10.9. The van der Waals surface area contributed by atoms with Crippen LogP contribution in [0.5, 0.6) is 0 Å². The highest BCUT2D eigenvalue weighted by atomic mass is 32.2. The lowest BCUT2D eigenvalue weighted by Gasteiger charge is -2.15. The average molecular weight is 307 g/mol. The molecule has 0 aliphatic heterocycles. The van der Waals surface area contributed by atoms with Gasteiger partial charge in [-0.2, -0.15) is 0 Å². The third kappa shape index (κ3) is 4.82. The highest BCUT2D eigenvalue weighted by Gasteiger charge is 2.21. The third-order valence-electron chi connectivity index (χ3n) is 2.28. The van der Waals surface area contributed by atoms with Crippen molar-refractivity contribution in [1.82, 2.24) is 14.9 Å². The molecule has 0 fully saturated rings. The summed E-state index contributed by atoms with van der Waals surface area (Å²) in [5.41, 5.74) is 5.76. The van der Waals surface area contributed by atoms with Gasteiger partial charge in [0.2, 0.25) is 15.4 Å². The molecule has 1 rings (SSSR count). The maximum atomic E-state index is 11.9. The van der Waals surface area contributed by atoms with Crippen molar-refractivity contribution in [3.05, 3.63) is 0 Å². The van der Waals surface area contributed by atoms with E-state index < -0.39 is 10.0 Å². The topological polar surface area (TPSA) is 127 Å². The van der Waals surface area contributed by atoms with Crippen molar-refractivity contribution in [2.75, 3.05) is 11.9 Å². The largest absolute Gasteiger partial charge is 0.326 e. The fourth-order valence-corrected chi connectivity index (χ4v) is 3.08. The number of nitrogens with zero attached hydrogens (tertiary/aromatic N) is 2. The standard InChI is InChI=1S/C9H17N5O3S2/c1-5(2)7(10)4-11-19(16,17)9-14-13-8(18-9)12-6(3)15/h5,7,11H,4,10H2,1-3H3,(H,12,13,15). The molecule has 1 unspecified atom stereocenters. The van der Waals surface area contributed by atoms with Gasteiger partial charge < -0.3 is 11.1 Å². The van der Waals surface area contributed by atoms with E-state index in [-0.39, 0.29) is 33.9 Å². The van der Waals surface area contributed by atoms with E-state index in [1.165, 1.54) is 6.92 Å². The van der Waals surface area contributed by atoms with Crippen molar-refractivity contribution in [3.63, 3.8) is 0 Å². The Labute approximate surface area is 115 Å². The Hall–Kier alpha value is -1.10. The summed E-state index contributed by atoms with van der Waals surface area (Å²) in [5.74, 6) is -0.179. The molecule has 0 saturated carbocycles. The van der Waals surface area contributed by atoms with Crippen molar-refractivity contribution in [3.8, 4) is 0 Å². The summed E-state index contributed by atoms with van der Waals surface area (Å²) in [6, 6.07) is -0.280. The third-order valence-corrected chi connectivity index (χ3v) is 4.91. The number of hydrogen-bond acceptors (Lipinski definition) is 7. The predicted octanol–water partition coefficient (Wildman–Crippen LogP) is -0.242. The first kappa shape index (κ1) is 16.0. The smallest absolute Gasteiger partial charge is 0.269 e. The first-order valence-corrected chi connectivity index (χ1v) is 7.88. The van der Waals surface area contributed by atoms with Gasteiger partial charge in [0.05, 0.1) is 0 Å². The second-order valence-electron chi connectivity index (χ2n) is 4.31. The van der Waals surface area contributed by atoms with E-state index in [1.54, 1.807) is 0 Å². The molecular weight excluding hydrogens is 290 g/mol. The van der Waals surface area contributed by atoms with Crippen LogP contribution >= 0.6 is 11.3 Å². The van der Waals surface area contributed by atoms with Crippen LogP contribution in [0.2, 0.25) is 0 Å². The molecule has 1 aromatic rings. The second-order valence-corrected chi connectivity index (χ2v) is 7.23. The lowest BCUT2D eigenvalue weighted by molar-refractivity contribution is -0.114. The van der Waals surface area contributed by atoms with Crippen LogP contribution in [0.4, 0.5) is 5.13 Å². The fraction of sp³-hybridized carbons (Fsp3) is 0.667. The highest BCUT2D eigenvalue weighted by molar-refractivity contribution is 7.91. The molecule has 1 aromatic heterocycles. The Morgan fingerprint density at radius 1 is 1.42 bits per heavy atom. The molecule has 1 heterocycles. The highest BCUT2D eigenvalue weighted by Crippen LogP contribution is 2.19. The average Bonchev–Trinajstić information content (AvgIpc) is 2.74. The SMILES string of the molecule is CC(=O)Nc1nnc(S(=O)(=O)NCC(N)C(C)C)s1. The van der Waals surface area contributed by atoms with E-state index >= 15 is 0 Å². The number of amides is 1. The molecule has 0 saturated heterocycles. The maximum Gasteiger partial charge on any atom is 0.269 e. The molecule has 108 valence electrons. The van der Waals surface area contributed by atoms with Gasteiger partial charge in [0.25, 0.3) is 10.0 Å². The van der Waals surface area contributed by atoms with Crippen molar-refractivity contribution >= 4 is 32.4 Å². The van der Waals surface area contributed by atoms with Gasteiger partial charge >= 0.3 is 0 Å². The lowest BCUT2D eigenvalue weighted by atomic mass is 10.1. The molecule has 19 heavy (non-hydrogen) atoms. The number of carbonyl (C=O) groups is 1. The molecular formula is C9H17N5O3S2. The molecule has 0 aromatic carbocycles. The summed E-state index contributed by atoms with van der Waals surface area (Å²) in [4.78, 5) is 10.8. The van der Waals surface area contributed by atoms with E-state index in [1.807, 2.05) is 13.8 Å². The monoisotopic (exact) mass is 307 g/mol. The van der Waals surface area contributed by atoms with Gasteiger partial charge in [0.15, 0.2) is 0 Å². The van der Waals surface area contributed by atoms with Gasteiger partial charge in [-0.05, 0) is 5.92 Å². The summed E-state index contributed by atoms with van der Waals surface area (Å²) >= 11 is 0.783. The Balaban J connectivity index is 2.72. The quantitative estimate of drug-likeness (QED) is 0.622. The van der Waals surface area contributed by atoms with E-state index in [4.69, 9.17) is 5.73 Å². The van der Waals surface area contributed by atoms with Crippen molar-refractivity contribution < 1.29 is 13.2 Å². The van der Waals surface area contributed by atoms with E-state index in [9.17, 15) is 13.2 Å². The zero-order valence-corrected chi connectivity index (χ0v) is 12.5. The molecule has 1 amide bonds. The number of aromatic nitrogens is 2. The number of nitrogens with two attached hydrogens (primary N) is 1. The van der Waals surface area contributed by atoms with Crippen molar-refractivity contribution in [2.24, 2.45) is 11.7 Å². The molecule has 0 bridgehead atoms. The summed E-state index contributed by atoms with van der Waals surface area (Å²) in [5, 5.41) is 9.61. The molecule has 10 heteroatoms. The summed E-state index contributed by atoms with van der Waals surface area (Å²) in [7, 11) is -3.74. The number of hydrogen-bond donors (Lipinski definition) is 3. The van der Waals surface area contributed by atoms with Crippen LogP contribution < -0.4 is 15.8 Å². The first-order valence-electron chi connectivity index (χ1n) is 5.58. The predicted molar refractivity (Wildman–Crippen MR) is 72.2 cm³/mol. The Morgan fingerprint density at radius 3 is 2.58 bits per heavy atom. The molecule has 8 nitrogen and oxygen atoms in total. The normalized spacial score (nSPS) is 13.5. The van der Waals surface area contributed by atoms with Gasteiger partial charge in [-0.1, -0.05) is 25.2 Å². The molecule has 0 radical (unpaired) electrons. The number of anilines is 1. The lowest BCUT2D eigenvalue weighted by Crippen LogP contribution is -2.40. The Kier molecular flexibility index (Phi) is 5.35. The van der Waals surface area contributed by atoms with E-state index in [0.717, 1.165) is 11.3 Å². The van der Waals surface area contributed by atoms with Crippen molar-refractivity contribution in [1.29, 1.82) is 0 Å². The summed E-state index contributed by atoms with van der Waals surface area (Å²) in [6.07, 6.45) is 0. The van der Waals surface area contributed by atoms with Crippen LogP contribution in [-0.2, 0) is 14.8 Å². The fourth-order valence-electron chi connectivity index (χ4n) is 1.02. The van der Waals surface area contributed by atoms with Gasteiger partial charge in [0, 0.05) is 19.5 Å². The first-order chi connectivity index (χ1) is 8.72. The second kappa shape index (κ2) is 6.37. The van der Waals surface area contributed by atoms with Crippen LogP contribution in [0.1, 0.15) is 20.8 Å². The Morgan fingerprint density at radius 2 is 2.05 bits per heavy atom. The van der Waals surface area contributed by atoms with Gasteiger partial charge in [-0.25, -0.2) is 13.1 Å². The molecule has 0 spiro atoms. The van der Waals surface area contributed by atoms with E-state index in [0.29, 0.717) is 0 Å². The van der Waals surface area contributed by atoms with Crippen LogP contribution in [-0.4, -0.2) is 37.1 Å². The van der Waals surface area contributed by atoms with Gasteiger partial charge in [0.1, 0.15) is 0 Å². The minimum Gasteiger partial charge on any atom is -0.326 e. The van der Waals surface area contributed by atoms with Gasteiger partial charge in [-0.3, -0.25) is 4.79 Å². The zero-order chi connectivity index (χ0) is 14.6. The number of nitrogens with one attached hydrogen (secondary N) is 2. The maximum absolute atomic E-state index is 11.9. The van der Waals surface area contributed by atoms with Crippen molar-refractivity contribution in [2.45, 2.75) is 31.2 Å². The van der Waals surface area contributed by atoms with Gasteiger partial charge in [-0.15, -0.1) is 10.2 Å². The van der Waals surface area contributed by atoms with Crippen LogP contribution in [0, 0.1) is 5.92 Å². The van der Waals surface area contributed by atoms with Crippen LogP contribution in [0.15, 0.2) is 4.34 Å². The molecule has 0 aliphatic rings. The Bertz CT molecular complexity index is 540. The number of rotatable bonds is 6. The van der Waals surface area contributed by atoms with E-state index in [2.05, 4.69) is 20.2 Å². The van der Waals surface area contributed by atoms with Crippen LogP contribution in [0.3, 0.4) is 0 Å². The molecule has 1 atom stereocenters. The summed E-state index contributed by atoms with van der Waals surface area (Å²) < 4.78 is 25.9. The number of carbonyl (C=O) groups excluding carboxylic acids is 1. The van der Waals surface area contributed by atoms with Crippen LogP contribution in [0.25, 0.3) is 0 Å². The molecule has 4 N–H and O–H groups in total. The summed E-state index contributed by atoms with van der Waals surface area (Å²) in [6.45, 7) is 5.22. The number of sulfonamides is 1. The minimum atomic E-state index is -3.74.